The zero-order valence-corrected chi connectivity index (χ0v) is 9.31. The van der Waals surface area contributed by atoms with E-state index >= 15 is 0 Å². The van der Waals surface area contributed by atoms with Crippen molar-refractivity contribution in [2.24, 2.45) is 11.8 Å². The Hall–Kier alpha value is -0.890. The summed E-state index contributed by atoms with van der Waals surface area (Å²) >= 11 is 0. The average Bonchev–Trinajstić information content (AvgIpc) is 2.95. The van der Waals surface area contributed by atoms with Crippen LogP contribution in [-0.4, -0.2) is 11.1 Å². The molecule has 0 N–H and O–H groups in total. The summed E-state index contributed by atoms with van der Waals surface area (Å²) in [4.78, 5) is 4.46. The Labute approximate surface area is 90.7 Å². The molecule has 2 fully saturated rings. The van der Waals surface area contributed by atoms with Crippen LogP contribution in [0.3, 0.4) is 0 Å². The lowest BCUT2D eigenvalue weighted by molar-refractivity contribution is 0.257. The molecule has 1 saturated heterocycles. The Balaban J connectivity index is 1.94. The summed E-state index contributed by atoms with van der Waals surface area (Å²) in [6.07, 6.45) is 4.72. The van der Waals surface area contributed by atoms with E-state index in [9.17, 15) is 0 Å². The normalized spacial score (nSPS) is 43.5. The van der Waals surface area contributed by atoms with Gasteiger partial charge in [-0.15, -0.1) is 0 Å². The molecular formula is C13H17NO. The summed E-state index contributed by atoms with van der Waals surface area (Å²) in [6, 6.07) is 6.12. The number of pyridine rings is 1. The summed E-state index contributed by atoms with van der Waals surface area (Å²) in [5.74, 6) is 1.43. The number of hydrogen-bond acceptors (Lipinski definition) is 2. The Morgan fingerprint density at radius 1 is 1.40 bits per heavy atom. The van der Waals surface area contributed by atoms with Crippen molar-refractivity contribution in [3.8, 4) is 0 Å². The minimum atomic E-state index is -0.0294. The van der Waals surface area contributed by atoms with Gasteiger partial charge in [-0.25, -0.2) is 0 Å². The highest BCUT2D eigenvalue weighted by molar-refractivity contribution is 5.24. The van der Waals surface area contributed by atoms with Crippen molar-refractivity contribution in [3.05, 3.63) is 30.1 Å². The van der Waals surface area contributed by atoms with Gasteiger partial charge in [-0.1, -0.05) is 19.9 Å². The van der Waals surface area contributed by atoms with Crippen LogP contribution in [-0.2, 0) is 10.3 Å². The van der Waals surface area contributed by atoms with Crippen LogP contribution >= 0.6 is 0 Å². The van der Waals surface area contributed by atoms with Crippen LogP contribution in [0.2, 0.25) is 0 Å². The predicted octanol–water partition coefficient (Wildman–Crippen LogP) is 2.74. The first-order chi connectivity index (χ1) is 7.22. The molecule has 0 aromatic carbocycles. The standard InChI is InChI=1S/C13H17NO/c1-9-7-10(2)12-13(8-9,15-12)11-5-3-4-6-14-11/h3-6,9-10,12H,7-8H2,1-2H3/t9-,10+,12-,13+/m1/s1. The van der Waals surface area contributed by atoms with E-state index in [4.69, 9.17) is 4.74 Å². The third-order valence-electron chi connectivity index (χ3n) is 3.78. The van der Waals surface area contributed by atoms with Crippen molar-refractivity contribution in [2.45, 2.75) is 38.4 Å². The van der Waals surface area contributed by atoms with E-state index in [-0.39, 0.29) is 5.60 Å². The second-order valence-electron chi connectivity index (χ2n) is 5.17. The van der Waals surface area contributed by atoms with E-state index in [0.29, 0.717) is 12.0 Å². The Morgan fingerprint density at radius 2 is 2.27 bits per heavy atom. The van der Waals surface area contributed by atoms with Crippen molar-refractivity contribution in [2.75, 3.05) is 0 Å². The Bertz CT molecular complexity index is 364. The minimum absolute atomic E-state index is 0.0294. The third kappa shape index (κ3) is 1.31. The van der Waals surface area contributed by atoms with Crippen LogP contribution < -0.4 is 0 Å². The highest BCUT2D eigenvalue weighted by atomic mass is 16.6. The summed E-state index contributed by atoms with van der Waals surface area (Å²) in [5, 5.41) is 0. The molecule has 0 amide bonds. The zero-order chi connectivity index (χ0) is 10.5. The lowest BCUT2D eigenvalue weighted by atomic mass is 9.75. The molecule has 1 aliphatic heterocycles. The molecule has 4 atom stereocenters. The van der Waals surface area contributed by atoms with Gasteiger partial charge in [0.15, 0.2) is 0 Å². The highest BCUT2D eigenvalue weighted by Crippen LogP contribution is 2.58. The Morgan fingerprint density at radius 3 is 3.00 bits per heavy atom. The summed E-state index contributed by atoms with van der Waals surface area (Å²) in [7, 11) is 0. The zero-order valence-electron chi connectivity index (χ0n) is 9.31. The maximum Gasteiger partial charge on any atom is 0.137 e. The van der Waals surface area contributed by atoms with Crippen LogP contribution in [0.4, 0.5) is 0 Å². The number of aromatic nitrogens is 1. The largest absolute Gasteiger partial charge is 0.359 e. The summed E-state index contributed by atoms with van der Waals surface area (Å²) < 4.78 is 5.97. The lowest BCUT2D eigenvalue weighted by Crippen LogP contribution is -2.28. The van der Waals surface area contributed by atoms with Crippen LogP contribution in [0.1, 0.15) is 32.4 Å². The Kier molecular flexibility index (Phi) is 1.90. The van der Waals surface area contributed by atoms with Crippen molar-refractivity contribution in [1.82, 2.24) is 4.98 Å². The van der Waals surface area contributed by atoms with Crippen LogP contribution in [0.15, 0.2) is 24.4 Å². The second kappa shape index (κ2) is 3.05. The second-order valence-corrected chi connectivity index (χ2v) is 5.17. The fourth-order valence-electron chi connectivity index (χ4n) is 3.22. The molecule has 0 radical (unpaired) electrons. The first-order valence-corrected chi connectivity index (χ1v) is 5.82. The van der Waals surface area contributed by atoms with Crippen molar-refractivity contribution < 1.29 is 4.74 Å². The van der Waals surface area contributed by atoms with Gasteiger partial charge in [-0.2, -0.15) is 0 Å². The maximum absolute atomic E-state index is 5.97. The fourth-order valence-corrected chi connectivity index (χ4v) is 3.22. The average molecular weight is 203 g/mol. The monoisotopic (exact) mass is 203 g/mol. The van der Waals surface area contributed by atoms with E-state index in [0.717, 1.165) is 18.0 Å². The molecule has 1 aromatic rings. The number of ether oxygens (including phenoxy) is 1. The molecule has 2 heteroatoms. The van der Waals surface area contributed by atoms with Gasteiger partial charge in [0.05, 0.1) is 11.8 Å². The van der Waals surface area contributed by atoms with Gasteiger partial charge >= 0.3 is 0 Å². The van der Waals surface area contributed by atoms with E-state index in [1.54, 1.807) is 0 Å². The van der Waals surface area contributed by atoms with Gasteiger partial charge in [-0.05, 0) is 36.8 Å². The number of rotatable bonds is 1. The van der Waals surface area contributed by atoms with E-state index in [1.165, 1.54) is 6.42 Å². The molecule has 0 bridgehead atoms. The first kappa shape index (κ1) is 9.34. The minimum Gasteiger partial charge on any atom is -0.359 e. The molecule has 1 aromatic heterocycles. The van der Waals surface area contributed by atoms with Crippen LogP contribution in [0.5, 0.6) is 0 Å². The van der Waals surface area contributed by atoms with Gasteiger partial charge in [-0.3, -0.25) is 4.98 Å². The molecule has 15 heavy (non-hydrogen) atoms. The highest BCUT2D eigenvalue weighted by Gasteiger charge is 2.63. The van der Waals surface area contributed by atoms with Gasteiger partial charge in [0.1, 0.15) is 5.60 Å². The van der Waals surface area contributed by atoms with Gasteiger partial charge in [0.25, 0.3) is 0 Å². The van der Waals surface area contributed by atoms with Gasteiger partial charge in [0, 0.05) is 6.20 Å². The number of nitrogens with zero attached hydrogens (tertiary/aromatic N) is 1. The predicted molar refractivity (Wildman–Crippen MR) is 58.4 cm³/mol. The number of fused-ring (bicyclic) bond motifs is 1. The van der Waals surface area contributed by atoms with Crippen molar-refractivity contribution in [1.29, 1.82) is 0 Å². The SMILES string of the molecule is C[C@@H]1C[C@H](C)[C@H]2O[C@]2(c2ccccn2)C1. The molecule has 2 heterocycles. The van der Waals surface area contributed by atoms with Crippen molar-refractivity contribution >= 4 is 0 Å². The molecule has 2 nitrogen and oxygen atoms in total. The van der Waals surface area contributed by atoms with Crippen LogP contribution in [0, 0.1) is 11.8 Å². The molecule has 1 aliphatic carbocycles. The van der Waals surface area contributed by atoms with Gasteiger partial charge < -0.3 is 4.74 Å². The molecule has 0 spiro atoms. The topological polar surface area (TPSA) is 25.4 Å². The molecule has 2 aliphatic rings. The van der Waals surface area contributed by atoms with Crippen molar-refractivity contribution in [3.63, 3.8) is 0 Å². The van der Waals surface area contributed by atoms with E-state index in [2.05, 4.69) is 31.0 Å². The first-order valence-electron chi connectivity index (χ1n) is 5.82. The van der Waals surface area contributed by atoms with Crippen LogP contribution in [0.25, 0.3) is 0 Å². The van der Waals surface area contributed by atoms with Gasteiger partial charge in [0.2, 0.25) is 0 Å². The smallest absolute Gasteiger partial charge is 0.137 e. The lowest BCUT2D eigenvalue weighted by Gasteiger charge is -2.26. The summed E-state index contributed by atoms with van der Waals surface area (Å²) in [5.41, 5.74) is 1.10. The summed E-state index contributed by atoms with van der Waals surface area (Å²) in [6.45, 7) is 4.62. The number of hydrogen-bond donors (Lipinski definition) is 0. The quantitative estimate of drug-likeness (QED) is 0.656. The molecular weight excluding hydrogens is 186 g/mol. The molecule has 1 saturated carbocycles. The van der Waals surface area contributed by atoms with E-state index < -0.39 is 0 Å². The number of epoxide rings is 1. The van der Waals surface area contributed by atoms with E-state index in [1.807, 2.05) is 12.3 Å². The fraction of sp³-hybridized carbons (Fsp3) is 0.615. The maximum atomic E-state index is 5.97. The molecule has 3 rings (SSSR count). The third-order valence-corrected chi connectivity index (χ3v) is 3.78. The molecule has 80 valence electrons. The molecule has 0 unspecified atom stereocenters.